The second-order valence-corrected chi connectivity index (χ2v) is 7.01. The zero-order valence-electron chi connectivity index (χ0n) is 17.6. The summed E-state index contributed by atoms with van der Waals surface area (Å²) in [7, 11) is 1.58. The maximum Gasteiger partial charge on any atom is 0.268 e. The van der Waals surface area contributed by atoms with E-state index >= 15 is 0 Å². The van der Waals surface area contributed by atoms with Crippen molar-refractivity contribution in [1.82, 2.24) is 10.6 Å². The minimum atomic E-state index is -0.407. The summed E-state index contributed by atoms with van der Waals surface area (Å²) in [6, 6.07) is 14.0. The first kappa shape index (κ1) is 22.7. The molecule has 0 saturated heterocycles. The fraction of sp³-hybridized carbons (Fsp3) is 0.250. The Morgan fingerprint density at radius 2 is 1.67 bits per heavy atom. The number of rotatable bonds is 10. The number of carbonyl (C=O) groups is 2. The molecule has 0 radical (unpaired) electrons. The van der Waals surface area contributed by atoms with Gasteiger partial charge in [0, 0.05) is 12.1 Å². The van der Waals surface area contributed by atoms with Gasteiger partial charge in [-0.1, -0.05) is 32.1 Å². The summed E-state index contributed by atoms with van der Waals surface area (Å²) >= 11 is 0. The molecule has 158 valence electrons. The highest BCUT2D eigenvalue weighted by Gasteiger charge is 2.14. The van der Waals surface area contributed by atoms with E-state index in [4.69, 9.17) is 9.47 Å². The van der Waals surface area contributed by atoms with Crippen molar-refractivity contribution in [3.8, 4) is 11.5 Å². The van der Waals surface area contributed by atoms with Gasteiger partial charge in [-0.05, 0) is 54.0 Å². The molecule has 2 rings (SSSR count). The molecule has 0 unspecified atom stereocenters. The molecule has 0 aromatic heterocycles. The zero-order valence-corrected chi connectivity index (χ0v) is 17.6. The number of hydrogen-bond donors (Lipinski definition) is 2. The third kappa shape index (κ3) is 7.13. The van der Waals surface area contributed by atoms with Crippen LogP contribution in [0.4, 0.5) is 0 Å². The Labute approximate surface area is 177 Å². The number of benzene rings is 2. The summed E-state index contributed by atoms with van der Waals surface area (Å²) in [5, 5.41) is 5.38. The van der Waals surface area contributed by atoms with E-state index in [0.29, 0.717) is 29.6 Å². The third-order valence-corrected chi connectivity index (χ3v) is 4.03. The van der Waals surface area contributed by atoms with E-state index in [0.717, 1.165) is 5.56 Å². The van der Waals surface area contributed by atoms with Gasteiger partial charge in [-0.2, -0.15) is 0 Å². The molecule has 0 atom stereocenters. The second kappa shape index (κ2) is 11.5. The molecule has 2 aromatic rings. The van der Waals surface area contributed by atoms with Crippen molar-refractivity contribution in [3.63, 3.8) is 0 Å². The average Bonchev–Trinajstić information content (AvgIpc) is 2.76. The highest BCUT2D eigenvalue weighted by atomic mass is 16.5. The van der Waals surface area contributed by atoms with Gasteiger partial charge in [0.25, 0.3) is 11.8 Å². The summed E-state index contributed by atoms with van der Waals surface area (Å²) in [6.45, 7) is 8.61. The number of nitrogens with one attached hydrogen (secondary N) is 2. The van der Waals surface area contributed by atoms with Crippen molar-refractivity contribution in [1.29, 1.82) is 0 Å². The van der Waals surface area contributed by atoms with E-state index in [9.17, 15) is 9.59 Å². The van der Waals surface area contributed by atoms with E-state index in [1.807, 2.05) is 0 Å². The Hall–Kier alpha value is -3.54. The molecule has 30 heavy (non-hydrogen) atoms. The van der Waals surface area contributed by atoms with Crippen LogP contribution in [0.3, 0.4) is 0 Å². The lowest BCUT2D eigenvalue weighted by atomic mass is 10.1. The predicted octanol–water partition coefficient (Wildman–Crippen LogP) is 3.80. The molecule has 0 aliphatic heterocycles. The summed E-state index contributed by atoms with van der Waals surface area (Å²) in [5.74, 6) is 1.01. The minimum Gasteiger partial charge on any atom is -0.497 e. The zero-order chi connectivity index (χ0) is 21.9. The normalized spacial score (nSPS) is 11.0. The summed E-state index contributed by atoms with van der Waals surface area (Å²) in [6.07, 6.45) is 3.18. The van der Waals surface area contributed by atoms with Crippen molar-refractivity contribution in [2.45, 2.75) is 13.8 Å². The standard InChI is InChI=1S/C24H28N2O4/c1-5-14-25-24(28)22(15-18-6-10-20(29-4)11-7-18)26-23(27)19-8-12-21(13-9-19)30-16-17(2)3/h5-13,15,17H,1,14,16H2,2-4H3,(H,25,28)(H,26,27)/b22-15+. The third-order valence-electron chi connectivity index (χ3n) is 4.03. The molecule has 0 heterocycles. The van der Waals surface area contributed by atoms with Crippen LogP contribution in [0.1, 0.15) is 29.8 Å². The van der Waals surface area contributed by atoms with E-state index < -0.39 is 5.91 Å². The monoisotopic (exact) mass is 408 g/mol. The van der Waals surface area contributed by atoms with Crippen molar-refractivity contribution in [2.24, 2.45) is 5.92 Å². The van der Waals surface area contributed by atoms with Crippen LogP contribution in [-0.4, -0.2) is 32.1 Å². The highest BCUT2D eigenvalue weighted by Crippen LogP contribution is 2.15. The summed E-state index contributed by atoms with van der Waals surface area (Å²) < 4.78 is 10.8. The highest BCUT2D eigenvalue weighted by molar-refractivity contribution is 6.05. The van der Waals surface area contributed by atoms with Crippen molar-refractivity contribution < 1.29 is 19.1 Å². The number of ether oxygens (including phenoxy) is 2. The number of carbonyl (C=O) groups excluding carboxylic acids is 2. The van der Waals surface area contributed by atoms with Gasteiger partial charge in [0.2, 0.25) is 0 Å². The van der Waals surface area contributed by atoms with Gasteiger partial charge in [-0.15, -0.1) is 6.58 Å². The first-order valence-electron chi connectivity index (χ1n) is 9.72. The predicted molar refractivity (Wildman–Crippen MR) is 118 cm³/mol. The Morgan fingerprint density at radius 1 is 1.03 bits per heavy atom. The van der Waals surface area contributed by atoms with Crippen LogP contribution in [0.15, 0.2) is 66.9 Å². The van der Waals surface area contributed by atoms with Gasteiger partial charge in [0.1, 0.15) is 17.2 Å². The maximum atomic E-state index is 12.7. The van der Waals surface area contributed by atoms with Gasteiger partial charge >= 0.3 is 0 Å². The molecule has 0 aliphatic carbocycles. The summed E-state index contributed by atoms with van der Waals surface area (Å²) in [5.41, 5.74) is 1.30. The molecule has 6 heteroatoms. The van der Waals surface area contributed by atoms with Gasteiger partial charge < -0.3 is 20.1 Å². The Morgan fingerprint density at radius 3 is 2.23 bits per heavy atom. The molecule has 2 N–H and O–H groups in total. The van der Waals surface area contributed by atoms with Crippen LogP contribution in [0.5, 0.6) is 11.5 Å². The van der Waals surface area contributed by atoms with Gasteiger partial charge in [0.15, 0.2) is 0 Å². The van der Waals surface area contributed by atoms with Crippen molar-refractivity contribution >= 4 is 17.9 Å². The van der Waals surface area contributed by atoms with Crippen LogP contribution in [0.25, 0.3) is 6.08 Å². The molecule has 0 fully saturated rings. The molecule has 0 spiro atoms. The van der Waals surface area contributed by atoms with E-state index in [-0.39, 0.29) is 18.1 Å². The fourth-order valence-corrected chi connectivity index (χ4v) is 2.45. The quantitative estimate of drug-likeness (QED) is 0.463. The first-order chi connectivity index (χ1) is 14.4. The number of methoxy groups -OCH3 is 1. The number of hydrogen-bond acceptors (Lipinski definition) is 4. The molecule has 2 aromatic carbocycles. The molecule has 0 saturated carbocycles. The molecular weight excluding hydrogens is 380 g/mol. The van der Waals surface area contributed by atoms with Crippen LogP contribution in [0, 0.1) is 5.92 Å². The smallest absolute Gasteiger partial charge is 0.268 e. The fourth-order valence-electron chi connectivity index (χ4n) is 2.45. The Bertz CT molecular complexity index is 884. The lowest BCUT2D eigenvalue weighted by molar-refractivity contribution is -0.117. The topological polar surface area (TPSA) is 76.7 Å². The van der Waals surface area contributed by atoms with Gasteiger partial charge in [-0.3, -0.25) is 9.59 Å². The summed E-state index contributed by atoms with van der Waals surface area (Å²) in [4.78, 5) is 25.2. The molecule has 6 nitrogen and oxygen atoms in total. The lowest BCUT2D eigenvalue weighted by Crippen LogP contribution is -2.34. The number of amides is 2. The van der Waals surface area contributed by atoms with Crippen molar-refractivity contribution in [3.05, 3.63) is 78.0 Å². The lowest BCUT2D eigenvalue weighted by Gasteiger charge is -2.12. The van der Waals surface area contributed by atoms with Gasteiger partial charge in [-0.25, -0.2) is 0 Å². The van der Waals surface area contributed by atoms with Crippen molar-refractivity contribution in [2.75, 3.05) is 20.3 Å². The Balaban J connectivity index is 2.17. The van der Waals surface area contributed by atoms with E-state index in [2.05, 4.69) is 31.1 Å². The minimum absolute atomic E-state index is 0.132. The van der Waals surface area contributed by atoms with E-state index in [1.165, 1.54) is 0 Å². The van der Waals surface area contributed by atoms with Crippen LogP contribution >= 0.6 is 0 Å². The Kier molecular flexibility index (Phi) is 8.69. The van der Waals surface area contributed by atoms with Gasteiger partial charge in [0.05, 0.1) is 13.7 Å². The molecule has 2 amide bonds. The second-order valence-electron chi connectivity index (χ2n) is 7.01. The van der Waals surface area contributed by atoms with Crippen LogP contribution < -0.4 is 20.1 Å². The first-order valence-corrected chi connectivity index (χ1v) is 9.72. The maximum absolute atomic E-state index is 12.7. The largest absolute Gasteiger partial charge is 0.497 e. The average molecular weight is 408 g/mol. The molecule has 0 aliphatic rings. The SMILES string of the molecule is C=CCNC(=O)/C(=C\c1ccc(OC)cc1)NC(=O)c1ccc(OCC(C)C)cc1. The van der Waals surface area contributed by atoms with E-state index in [1.54, 1.807) is 67.8 Å². The molecular formula is C24H28N2O4. The molecule has 0 bridgehead atoms. The van der Waals surface area contributed by atoms with Crippen LogP contribution in [0.2, 0.25) is 0 Å². The van der Waals surface area contributed by atoms with Crippen LogP contribution in [-0.2, 0) is 4.79 Å².